The van der Waals surface area contributed by atoms with Gasteiger partial charge in [-0.15, -0.1) is 0 Å². The van der Waals surface area contributed by atoms with Crippen molar-refractivity contribution < 1.29 is 9.47 Å². The molecule has 4 nitrogen and oxygen atoms in total. The molecule has 0 saturated carbocycles. The summed E-state index contributed by atoms with van der Waals surface area (Å²) >= 11 is 12.1. The molecule has 0 bridgehead atoms. The van der Waals surface area contributed by atoms with Gasteiger partial charge in [-0.05, 0) is 80.4 Å². The van der Waals surface area contributed by atoms with Crippen LogP contribution in [0.25, 0.3) is 11.0 Å². The van der Waals surface area contributed by atoms with E-state index in [4.69, 9.17) is 37.7 Å². The molecule has 0 amide bonds. The third-order valence-electron chi connectivity index (χ3n) is 5.10. The minimum Gasteiger partial charge on any atom is -0.494 e. The molecule has 1 aromatic heterocycles. The molecule has 0 fully saturated rings. The number of ether oxygens (including phenoxy) is 2. The Morgan fingerprint density at radius 2 is 1.71 bits per heavy atom. The van der Waals surface area contributed by atoms with Crippen LogP contribution in [0.2, 0.25) is 10.0 Å². The fraction of sp³-hybridized carbons (Fsp3) is 0.240. The van der Waals surface area contributed by atoms with Crippen molar-refractivity contribution >= 4 is 34.2 Å². The molecule has 0 aliphatic carbocycles. The van der Waals surface area contributed by atoms with Crippen molar-refractivity contribution in [3.05, 3.63) is 88.2 Å². The van der Waals surface area contributed by atoms with Gasteiger partial charge >= 0.3 is 0 Å². The van der Waals surface area contributed by atoms with E-state index in [2.05, 4.69) is 10.6 Å². The highest BCUT2D eigenvalue weighted by Crippen LogP contribution is 2.27. The summed E-state index contributed by atoms with van der Waals surface area (Å²) in [7, 11) is 0. The monoisotopic (exact) mass is 454 g/mol. The molecule has 1 atom stereocenters. The Morgan fingerprint density at radius 3 is 2.48 bits per heavy atom. The van der Waals surface area contributed by atoms with E-state index in [0.717, 1.165) is 51.9 Å². The van der Waals surface area contributed by atoms with E-state index in [1.165, 1.54) is 0 Å². The van der Waals surface area contributed by atoms with Gasteiger partial charge in [0.05, 0.1) is 17.6 Å². The average Bonchev–Trinajstić information content (AvgIpc) is 3.14. The van der Waals surface area contributed by atoms with Gasteiger partial charge in [0, 0.05) is 16.6 Å². The molecule has 31 heavy (non-hydrogen) atoms. The third kappa shape index (κ3) is 5.15. The maximum absolute atomic E-state index is 6.14. The molecule has 0 aliphatic rings. The van der Waals surface area contributed by atoms with Gasteiger partial charge in [0.25, 0.3) is 0 Å². The van der Waals surface area contributed by atoms with Gasteiger partial charge in [-0.1, -0.05) is 35.3 Å². The van der Waals surface area contributed by atoms with E-state index in [1.807, 2.05) is 74.5 Å². The molecule has 0 spiro atoms. The van der Waals surface area contributed by atoms with E-state index >= 15 is 0 Å². The number of hydrogen-bond acceptors (Lipinski definition) is 3. The molecule has 160 valence electrons. The first kappa shape index (κ1) is 21.5. The number of aromatic nitrogens is 2. The van der Waals surface area contributed by atoms with Gasteiger partial charge in [-0.25, -0.2) is 4.98 Å². The first-order chi connectivity index (χ1) is 15.0. The molecule has 0 saturated heterocycles. The summed E-state index contributed by atoms with van der Waals surface area (Å²) in [6.45, 7) is 5.36. The number of para-hydroxylation sites is 2. The number of rotatable bonds is 8. The summed E-state index contributed by atoms with van der Waals surface area (Å²) in [5, 5.41) is 1.43. The van der Waals surface area contributed by atoms with E-state index in [1.54, 1.807) is 0 Å². The highest BCUT2D eigenvalue weighted by atomic mass is 35.5. The Bertz CT molecular complexity index is 1170. The number of aryl methyl sites for hydroxylation is 2. The van der Waals surface area contributed by atoms with Gasteiger partial charge in [0.15, 0.2) is 11.9 Å². The van der Waals surface area contributed by atoms with Gasteiger partial charge in [0.2, 0.25) is 0 Å². The molecule has 1 unspecified atom stereocenters. The van der Waals surface area contributed by atoms with Crippen LogP contribution in [0.1, 0.15) is 30.8 Å². The lowest BCUT2D eigenvalue weighted by Gasteiger charge is -2.17. The highest BCUT2D eigenvalue weighted by molar-refractivity contribution is 6.31. The molecular weight excluding hydrogens is 431 g/mol. The maximum atomic E-state index is 6.14. The van der Waals surface area contributed by atoms with Crippen LogP contribution in [0.15, 0.2) is 66.7 Å². The standard InChI is InChI=1S/C25H24Cl2N2O2/c1-17-16-21(12-13-22(17)27)30-15-5-14-29-24-7-4-3-6-23(24)28-25(29)18(2)31-20-10-8-19(26)9-11-20/h3-4,6-13,16,18H,5,14-15H2,1-2H3. The first-order valence-electron chi connectivity index (χ1n) is 10.3. The molecule has 3 aromatic carbocycles. The van der Waals surface area contributed by atoms with Crippen LogP contribution in [-0.2, 0) is 6.54 Å². The lowest BCUT2D eigenvalue weighted by molar-refractivity contribution is 0.210. The summed E-state index contributed by atoms with van der Waals surface area (Å²) in [5.74, 6) is 2.48. The molecular formula is C25H24Cl2N2O2. The van der Waals surface area contributed by atoms with E-state index < -0.39 is 0 Å². The van der Waals surface area contributed by atoms with Crippen molar-refractivity contribution in [1.29, 1.82) is 0 Å². The number of halogens is 2. The van der Waals surface area contributed by atoms with Crippen LogP contribution < -0.4 is 9.47 Å². The van der Waals surface area contributed by atoms with Crippen LogP contribution in [0, 0.1) is 6.92 Å². The zero-order valence-corrected chi connectivity index (χ0v) is 19.0. The molecule has 4 rings (SSSR count). The maximum Gasteiger partial charge on any atom is 0.153 e. The number of benzene rings is 3. The second kappa shape index (κ2) is 9.63. The fourth-order valence-electron chi connectivity index (χ4n) is 3.53. The van der Waals surface area contributed by atoms with Crippen molar-refractivity contribution in [2.75, 3.05) is 6.61 Å². The van der Waals surface area contributed by atoms with Crippen molar-refractivity contribution in [3.8, 4) is 11.5 Å². The quantitative estimate of drug-likeness (QED) is 0.262. The molecule has 6 heteroatoms. The summed E-state index contributed by atoms with van der Waals surface area (Å²) in [6.07, 6.45) is 0.622. The Labute approximate surface area is 192 Å². The second-order valence-corrected chi connectivity index (χ2v) is 8.28. The second-order valence-electron chi connectivity index (χ2n) is 7.44. The predicted octanol–water partition coefficient (Wildman–Crippen LogP) is 7.26. The van der Waals surface area contributed by atoms with Crippen LogP contribution in [0.4, 0.5) is 0 Å². The van der Waals surface area contributed by atoms with Crippen LogP contribution in [-0.4, -0.2) is 16.2 Å². The molecule has 4 aromatic rings. The van der Waals surface area contributed by atoms with E-state index in [0.29, 0.717) is 11.6 Å². The SMILES string of the molecule is Cc1cc(OCCCn2c(C(C)Oc3ccc(Cl)cc3)nc3ccccc32)ccc1Cl. The summed E-state index contributed by atoms with van der Waals surface area (Å²) < 4.78 is 14.3. The summed E-state index contributed by atoms with van der Waals surface area (Å²) in [6, 6.07) is 21.2. The molecule has 0 aliphatic heterocycles. The number of imidazole rings is 1. The van der Waals surface area contributed by atoms with Crippen LogP contribution >= 0.6 is 23.2 Å². The van der Waals surface area contributed by atoms with Gasteiger partial charge < -0.3 is 14.0 Å². The third-order valence-corrected chi connectivity index (χ3v) is 5.77. The molecule has 0 N–H and O–H groups in total. The van der Waals surface area contributed by atoms with Gasteiger partial charge in [-0.2, -0.15) is 0 Å². The van der Waals surface area contributed by atoms with Gasteiger partial charge in [0.1, 0.15) is 11.5 Å². The summed E-state index contributed by atoms with van der Waals surface area (Å²) in [5.41, 5.74) is 3.06. The van der Waals surface area contributed by atoms with Crippen LogP contribution in [0.3, 0.4) is 0 Å². The highest BCUT2D eigenvalue weighted by Gasteiger charge is 2.18. The van der Waals surface area contributed by atoms with Crippen molar-refractivity contribution in [2.45, 2.75) is 32.9 Å². The topological polar surface area (TPSA) is 36.3 Å². The number of fused-ring (bicyclic) bond motifs is 1. The molecule has 0 radical (unpaired) electrons. The van der Waals surface area contributed by atoms with Crippen molar-refractivity contribution in [3.63, 3.8) is 0 Å². The average molecular weight is 455 g/mol. The van der Waals surface area contributed by atoms with Crippen molar-refractivity contribution in [1.82, 2.24) is 9.55 Å². The minimum absolute atomic E-state index is 0.214. The minimum atomic E-state index is -0.214. The van der Waals surface area contributed by atoms with Gasteiger partial charge in [-0.3, -0.25) is 0 Å². The predicted molar refractivity (Wildman–Crippen MR) is 127 cm³/mol. The van der Waals surface area contributed by atoms with Crippen LogP contribution in [0.5, 0.6) is 11.5 Å². The smallest absolute Gasteiger partial charge is 0.153 e. The lowest BCUT2D eigenvalue weighted by Crippen LogP contribution is -2.13. The summed E-state index contributed by atoms with van der Waals surface area (Å²) in [4.78, 5) is 4.84. The van der Waals surface area contributed by atoms with Crippen molar-refractivity contribution in [2.24, 2.45) is 0 Å². The largest absolute Gasteiger partial charge is 0.494 e. The lowest BCUT2D eigenvalue weighted by atomic mass is 10.2. The normalized spacial score (nSPS) is 12.1. The Balaban J connectivity index is 1.48. The van der Waals surface area contributed by atoms with E-state index in [-0.39, 0.29) is 6.10 Å². The fourth-order valence-corrected chi connectivity index (χ4v) is 3.77. The zero-order chi connectivity index (χ0) is 21.8. The Kier molecular flexibility index (Phi) is 6.69. The van der Waals surface area contributed by atoms with E-state index in [9.17, 15) is 0 Å². The first-order valence-corrected chi connectivity index (χ1v) is 11.0. The Hall–Kier alpha value is -2.69. The molecule has 1 heterocycles. The number of nitrogens with zero attached hydrogens (tertiary/aromatic N) is 2. The Morgan fingerprint density at radius 1 is 0.968 bits per heavy atom. The number of hydrogen-bond donors (Lipinski definition) is 0. The zero-order valence-electron chi connectivity index (χ0n) is 17.5.